The van der Waals surface area contributed by atoms with Crippen molar-refractivity contribution < 1.29 is 19.0 Å². The molecule has 0 spiro atoms. The molecule has 0 bridgehead atoms. The van der Waals surface area contributed by atoms with Gasteiger partial charge in [0.1, 0.15) is 0 Å². The van der Waals surface area contributed by atoms with Gasteiger partial charge < -0.3 is 24.8 Å². The maximum atomic E-state index is 12.8. The summed E-state index contributed by atoms with van der Waals surface area (Å²) in [6.07, 6.45) is 6.02. The lowest BCUT2D eigenvalue weighted by Crippen LogP contribution is -2.48. The molecule has 2 atom stereocenters. The first kappa shape index (κ1) is 27.0. The second-order valence-electron chi connectivity index (χ2n) is 8.85. The summed E-state index contributed by atoms with van der Waals surface area (Å²) in [5.41, 5.74) is 2.66. The van der Waals surface area contributed by atoms with E-state index in [1.54, 1.807) is 32.7 Å². The van der Waals surface area contributed by atoms with Crippen LogP contribution in [0, 0.1) is 5.92 Å². The minimum absolute atomic E-state index is 0.0745. The summed E-state index contributed by atoms with van der Waals surface area (Å²) in [6.45, 7) is 1.64. The molecule has 1 saturated heterocycles. The Morgan fingerprint density at radius 3 is 2.51 bits per heavy atom. The monoisotopic (exact) mass is 544 g/mol. The van der Waals surface area contributed by atoms with Gasteiger partial charge in [0.15, 0.2) is 18.1 Å². The Morgan fingerprint density at radius 2 is 1.84 bits per heavy atom. The van der Waals surface area contributed by atoms with Gasteiger partial charge >= 0.3 is 6.01 Å². The summed E-state index contributed by atoms with van der Waals surface area (Å²) in [7, 11) is 3.17. The summed E-state index contributed by atoms with van der Waals surface area (Å²) in [5.74, 6) is 1.31. The van der Waals surface area contributed by atoms with Gasteiger partial charge in [-0.25, -0.2) is 9.97 Å². The number of hydrogen-bond donors (Lipinski definition) is 2. The lowest BCUT2D eigenvalue weighted by atomic mass is 9.87. The Morgan fingerprint density at radius 1 is 1.05 bits per heavy atom. The third-order valence-electron chi connectivity index (χ3n) is 6.37. The Hall–Kier alpha value is -3.07. The molecule has 3 aromatic rings. The molecule has 8 nitrogen and oxygen atoms in total. The zero-order valence-corrected chi connectivity index (χ0v) is 22.3. The maximum Gasteiger partial charge on any atom is 0.316 e. The number of hydrogen-bond acceptors (Lipinski definition) is 7. The summed E-state index contributed by atoms with van der Waals surface area (Å²) in [5, 5.41) is 7.57. The fourth-order valence-corrected chi connectivity index (χ4v) is 4.73. The number of nitrogens with zero attached hydrogens (tertiary/aromatic N) is 2. The fourth-order valence-electron chi connectivity index (χ4n) is 4.41. The van der Waals surface area contributed by atoms with Gasteiger partial charge in [0, 0.05) is 24.0 Å². The van der Waals surface area contributed by atoms with Crippen LogP contribution in [0.15, 0.2) is 48.8 Å². The van der Waals surface area contributed by atoms with Gasteiger partial charge in [0.05, 0.1) is 24.3 Å². The molecule has 0 aliphatic carbocycles. The van der Waals surface area contributed by atoms with Crippen LogP contribution in [0.4, 0.5) is 0 Å². The average Bonchev–Trinajstić information content (AvgIpc) is 2.94. The Kier molecular flexibility index (Phi) is 9.44. The van der Waals surface area contributed by atoms with E-state index >= 15 is 0 Å². The van der Waals surface area contributed by atoms with Crippen molar-refractivity contribution in [1.82, 2.24) is 20.6 Å². The molecular weight excluding hydrogens is 515 g/mol. The summed E-state index contributed by atoms with van der Waals surface area (Å²) in [6, 6.07) is 11.2. The second kappa shape index (κ2) is 12.9. The number of piperidine rings is 1. The van der Waals surface area contributed by atoms with Crippen LogP contribution in [0.1, 0.15) is 18.4 Å². The number of methoxy groups -OCH3 is 2. The number of rotatable bonds is 10. The molecule has 2 unspecified atom stereocenters. The average molecular weight is 545 g/mol. The van der Waals surface area contributed by atoms with Crippen molar-refractivity contribution in [2.45, 2.75) is 25.3 Å². The van der Waals surface area contributed by atoms with E-state index < -0.39 is 0 Å². The number of ether oxygens (including phenoxy) is 3. The second-order valence-corrected chi connectivity index (χ2v) is 9.66. The van der Waals surface area contributed by atoms with Crippen molar-refractivity contribution in [3.8, 4) is 28.6 Å². The molecule has 4 rings (SSSR count). The number of aromatic nitrogens is 2. The molecule has 10 heteroatoms. The molecule has 2 aromatic carbocycles. The minimum Gasteiger partial charge on any atom is -0.493 e. The lowest BCUT2D eigenvalue weighted by molar-refractivity contribution is -0.124. The normalized spacial score (nSPS) is 16.1. The zero-order valence-electron chi connectivity index (χ0n) is 20.8. The van der Waals surface area contributed by atoms with E-state index in [1.807, 2.05) is 30.3 Å². The molecule has 0 radical (unpaired) electrons. The first-order chi connectivity index (χ1) is 18.0. The molecule has 1 amide bonds. The minimum atomic E-state index is -0.233. The highest BCUT2D eigenvalue weighted by Gasteiger charge is 2.26. The highest BCUT2D eigenvalue weighted by molar-refractivity contribution is 6.42. The lowest BCUT2D eigenvalue weighted by Gasteiger charge is -2.31. The van der Waals surface area contributed by atoms with E-state index in [4.69, 9.17) is 37.4 Å². The first-order valence-electron chi connectivity index (χ1n) is 12.1. The summed E-state index contributed by atoms with van der Waals surface area (Å²) >= 11 is 12.3. The van der Waals surface area contributed by atoms with Crippen LogP contribution in [0.25, 0.3) is 11.1 Å². The molecule has 1 aromatic heterocycles. The topological polar surface area (TPSA) is 94.6 Å². The number of carbonyl (C=O) groups is 1. The Balaban J connectivity index is 1.37. The van der Waals surface area contributed by atoms with Crippen LogP contribution < -0.4 is 24.8 Å². The molecular formula is C27H30Cl2N4O4. The van der Waals surface area contributed by atoms with Crippen molar-refractivity contribution in [3.05, 3.63) is 64.4 Å². The fraction of sp³-hybridized carbons (Fsp3) is 0.370. The van der Waals surface area contributed by atoms with Crippen molar-refractivity contribution in [3.63, 3.8) is 0 Å². The molecule has 2 N–H and O–H groups in total. The Labute approximate surface area is 226 Å². The van der Waals surface area contributed by atoms with Gasteiger partial charge in [-0.15, -0.1) is 0 Å². The van der Waals surface area contributed by atoms with Gasteiger partial charge in [-0.3, -0.25) is 4.79 Å². The number of nitrogens with one attached hydrogen (secondary N) is 2. The van der Waals surface area contributed by atoms with Crippen LogP contribution in [-0.4, -0.2) is 55.8 Å². The van der Waals surface area contributed by atoms with Gasteiger partial charge in [0.25, 0.3) is 5.91 Å². The molecule has 37 heavy (non-hydrogen) atoms. The molecule has 1 aliphatic rings. The van der Waals surface area contributed by atoms with Crippen LogP contribution in [0.2, 0.25) is 10.0 Å². The van der Waals surface area contributed by atoms with Crippen LogP contribution in [0.3, 0.4) is 0 Å². The van der Waals surface area contributed by atoms with Gasteiger partial charge in [0.2, 0.25) is 0 Å². The Bertz CT molecular complexity index is 1200. The van der Waals surface area contributed by atoms with Crippen molar-refractivity contribution in [2.24, 2.45) is 5.92 Å². The zero-order chi connectivity index (χ0) is 26.2. The van der Waals surface area contributed by atoms with E-state index in [1.165, 1.54) is 0 Å². The molecule has 2 heterocycles. The van der Waals surface area contributed by atoms with Gasteiger partial charge in [-0.2, -0.15) is 0 Å². The molecule has 1 aliphatic heterocycles. The largest absolute Gasteiger partial charge is 0.493 e. The van der Waals surface area contributed by atoms with E-state index in [2.05, 4.69) is 20.6 Å². The van der Waals surface area contributed by atoms with E-state index in [9.17, 15) is 4.79 Å². The number of halogens is 2. The summed E-state index contributed by atoms with van der Waals surface area (Å²) in [4.78, 5) is 21.3. The van der Waals surface area contributed by atoms with E-state index in [-0.39, 0.29) is 24.6 Å². The third-order valence-corrected chi connectivity index (χ3v) is 7.11. The highest BCUT2D eigenvalue weighted by atomic mass is 35.5. The first-order valence-corrected chi connectivity index (χ1v) is 12.8. The quantitative estimate of drug-likeness (QED) is 0.386. The summed E-state index contributed by atoms with van der Waals surface area (Å²) < 4.78 is 16.2. The van der Waals surface area contributed by atoms with E-state index in [0.29, 0.717) is 33.9 Å². The molecule has 1 fully saturated rings. The number of carbonyl (C=O) groups excluding carboxylic acids is 1. The SMILES string of the molecule is COc1ccc(-c2cnc(OCC(=O)NC(Cc3ccc(Cl)c(Cl)c3)C3CCCNC3)nc2)cc1OC. The predicted molar refractivity (Wildman–Crippen MR) is 144 cm³/mol. The van der Waals surface area contributed by atoms with E-state index in [0.717, 1.165) is 42.6 Å². The van der Waals surface area contributed by atoms with Crippen LogP contribution in [-0.2, 0) is 11.2 Å². The van der Waals surface area contributed by atoms with Crippen molar-refractivity contribution >= 4 is 29.1 Å². The molecule has 196 valence electrons. The maximum absolute atomic E-state index is 12.8. The predicted octanol–water partition coefficient (Wildman–Crippen LogP) is 4.57. The van der Waals surface area contributed by atoms with Gasteiger partial charge in [-0.1, -0.05) is 35.3 Å². The van der Waals surface area contributed by atoms with Crippen molar-refractivity contribution in [1.29, 1.82) is 0 Å². The van der Waals surface area contributed by atoms with Crippen LogP contribution >= 0.6 is 23.2 Å². The van der Waals surface area contributed by atoms with Crippen molar-refractivity contribution in [2.75, 3.05) is 33.9 Å². The van der Waals surface area contributed by atoms with Gasteiger partial charge in [-0.05, 0) is 73.7 Å². The molecule has 0 saturated carbocycles. The van der Waals surface area contributed by atoms with Crippen LogP contribution in [0.5, 0.6) is 17.5 Å². The number of amides is 1. The third kappa shape index (κ3) is 7.25. The standard InChI is InChI=1S/C27H30Cl2N4O4/c1-35-24-8-6-18(12-25(24)36-2)20-14-31-27(32-15-20)37-16-26(34)33-23(19-4-3-9-30-13-19)11-17-5-7-21(28)22(29)10-17/h5-8,10,12,14-15,19,23,30H,3-4,9,11,13,16H2,1-2H3,(H,33,34). The highest BCUT2D eigenvalue weighted by Crippen LogP contribution is 2.32. The smallest absolute Gasteiger partial charge is 0.316 e. The number of benzene rings is 2.